The molecule has 2 heterocycles. The standard InChI is InChI=1S/C16H21N3O2/c1-3-11-9-12(8-10(2)17-11)19-14-7-5-4-6-13(14)18-15(20)16(19)21/h4-7,10-12,17H,3,8-9H2,1-2H3,(H,18,20)/t10?,11?,12-/m0/s1. The van der Waals surface area contributed by atoms with Gasteiger partial charge in [0.1, 0.15) is 0 Å². The van der Waals surface area contributed by atoms with E-state index >= 15 is 0 Å². The van der Waals surface area contributed by atoms with Crippen LogP contribution in [-0.4, -0.2) is 21.6 Å². The van der Waals surface area contributed by atoms with E-state index in [-0.39, 0.29) is 6.04 Å². The molecule has 0 spiro atoms. The molecule has 0 amide bonds. The smallest absolute Gasteiger partial charge is 0.316 e. The summed E-state index contributed by atoms with van der Waals surface area (Å²) in [6.45, 7) is 4.28. The fourth-order valence-corrected chi connectivity index (χ4v) is 3.41. The fourth-order valence-electron chi connectivity index (χ4n) is 3.41. The van der Waals surface area contributed by atoms with Crippen LogP contribution < -0.4 is 16.4 Å². The van der Waals surface area contributed by atoms with Gasteiger partial charge in [-0.2, -0.15) is 0 Å². The van der Waals surface area contributed by atoms with Crippen LogP contribution >= 0.6 is 0 Å². The molecule has 1 aromatic heterocycles. The minimum Gasteiger partial charge on any atom is -0.316 e. The van der Waals surface area contributed by atoms with Crippen molar-refractivity contribution in [3.8, 4) is 0 Å². The summed E-state index contributed by atoms with van der Waals surface area (Å²) in [7, 11) is 0. The Balaban J connectivity index is 2.17. The molecule has 1 aliphatic rings. The molecule has 21 heavy (non-hydrogen) atoms. The number of aromatic amines is 1. The van der Waals surface area contributed by atoms with E-state index in [9.17, 15) is 9.59 Å². The Labute approximate surface area is 123 Å². The number of piperidine rings is 1. The highest BCUT2D eigenvalue weighted by molar-refractivity contribution is 5.74. The Morgan fingerprint density at radius 1 is 1.24 bits per heavy atom. The first kappa shape index (κ1) is 14.1. The van der Waals surface area contributed by atoms with Gasteiger partial charge in [0.15, 0.2) is 0 Å². The first-order valence-electron chi connectivity index (χ1n) is 7.59. The third kappa shape index (κ3) is 2.53. The van der Waals surface area contributed by atoms with E-state index in [0.29, 0.717) is 12.1 Å². The van der Waals surface area contributed by atoms with Gasteiger partial charge in [-0.1, -0.05) is 19.1 Å². The van der Waals surface area contributed by atoms with Gasteiger partial charge in [-0.3, -0.25) is 14.2 Å². The quantitative estimate of drug-likeness (QED) is 0.827. The number of para-hydroxylation sites is 2. The maximum atomic E-state index is 12.4. The fraction of sp³-hybridized carbons (Fsp3) is 0.500. The molecule has 2 unspecified atom stereocenters. The molecule has 1 aromatic carbocycles. The van der Waals surface area contributed by atoms with Crippen molar-refractivity contribution in [2.45, 2.75) is 51.2 Å². The zero-order chi connectivity index (χ0) is 15.0. The lowest BCUT2D eigenvalue weighted by Crippen LogP contribution is -2.48. The van der Waals surface area contributed by atoms with Crippen molar-refractivity contribution < 1.29 is 0 Å². The van der Waals surface area contributed by atoms with Crippen LogP contribution in [0.1, 0.15) is 39.2 Å². The summed E-state index contributed by atoms with van der Waals surface area (Å²) in [6, 6.07) is 8.33. The van der Waals surface area contributed by atoms with Crippen LogP contribution in [0.25, 0.3) is 11.0 Å². The maximum Gasteiger partial charge on any atom is 0.316 e. The van der Waals surface area contributed by atoms with Gasteiger partial charge in [0, 0.05) is 18.1 Å². The van der Waals surface area contributed by atoms with Crippen LogP contribution in [0.15, 0.2) is 33.9 Å². The summed E-state index contributed by atoms with van der Waals surface area (Å²) in [5, 5.41) is 3.55. The lowest BCUT2D eigenvalue weighted by Gasteiger charge is -2.35. The molecule has 112 valence electrons. The minimum absolute atomic E-state index is 0.0749. The normalized spacial score (nSPS) is 26.1. The van der Waals surface area contributed by atoms with Gasteiger partial charge in [-0.15, -0.1) is 0 Å². The molecule has 3 rings (SSSR count). The van der Waals surface area contributed by atoms with Crippen molar-refractivity contribution in [3.63, 3.8) is 0 Å². The average Bonchev–Trinajstić information content (AvgIpc) is 2.47. The minimum atomic E-state index is -0.534. The van der Waals surface area contributed by atoms with Gasteiger partial charge < -0.3 is 10.3 Å². The summed E-state index contributed by atoms with van der Waals surface area (Å²) in [5.41, 5.74) is 0.563. The van der Waals surface area contributed by atoms with E-state index < -0.39 is 11.1 Å². The molecule has 1 aliphatic heterocycles. The molecule has 5 heteroatoms. The number of hydrogen-bond acceptors (Lipinski definition) is 3. The Hall–Kier alpha value is -1.88. The molecule has 1 saturated heterocycles. The van der Waals surface area contributed by atoms with Crippen LogP contribution in [0.3, 0.4) is 0 Å². The Morgan fingerprint density at radius 2 is 2.00 bits per heavy atom. The number of nitrogens with one attached hydrogen (secondary N) is 2. The summed E-state index contributed by atoms with van der Waals surface area (Å²) in [6.07, 6.45) is 2.77. The molecule has 0 saturated carbocycles. The van der Waals surface area contributed by atoms with Gasteiger partial charge in [0.2, 0.25) is 0 Å². The number of rotatable bonds is 2. The van der Waals surface area contributed by atoms with Crippen LogP contribution in [0.4, 0.5) is 0 Å². The summed E-state index contributed by atoms with van der Waals surface area (Å²) >= 11 is 0. The molecule has 2 N–H and O–H groups in total. The number of fused-ring (bicyclic) bond motifs is 1. The Kier molecular flexibility index (Phi) is 3.68. The lowest BCUT2D eigenvalue weighted by atomic mass is 9.92. The van der Waals surface area contributed by atoms with Gasteiger partial charge in [-0.25, -0.2) is 0 Å². The topological polar surface area (TPSA) is 66.9 Å². The van der Waals surface area contributed by atoms with E-state index in [1.165, 1.54) is 0 Å². The summed E-state index contributed by atoms with van der Waals surface area (Å²) in [4.78, 5) is 27.0. The first-order valence-corrected chi connectivity index (χ1v) is 7.59. The number of nitrogens with zero attached hydrogens (tertiary/aromatic N) is 1. The van der Waals surface area contributed by atoms with Gasteiger partial charge in [-0.05, 0) is 38.3 Å². The monoisotopic (exact) mass is 287 g/mol. The highest BCUT2D eigenvalue weighted by Crippen LogP contribution is 2.27. The number of hydrogen-bond donors (Lipinski definition) is 2. The van der Waals surface area contributed by atoms with Crippen LogP contribution in [0, 0.1) is 0 Å². The van der Waals surface area contributed by atoms with Crippen LogP contribution in [0.2, 0.25) is 0 Å². The van der Waals surface area contributed by atoms with Crippen molar-refractivity contribution in [2.75, 3.05) is 0 Å². The average molecular weight is 287 g/mol. The van der Waals surface area contributed by atoms with Crippen LogP contribution in [0.5, 0.6) is 0 Å². The molecule has 3 atom stereocenters. The second kappa shape index (κ2) is 5.48. The second-order valence-corrected chi connectivity index (χ2v) is 5.94. The Bertz CT molecular complexity index is 762. The largest absolute Gasteiger partial charge is 0.316 e. The predicted molar refractivity (Wildman–Crippen MR) is 83.8 cm³/mol. The summed E-state index contributed by atoms with van der Waals surface area (Å²) in [5.74, 6) is 0. The van der Waals surface area contributed by atoms with E-state index in [1.807, 2.05) is 24.3 Å². The lowest BCUT2D eigenvalue weighted by molar-refractivity contribution is 0.248. The van der Waals surface area contributed by atoms with E-state index in [1.54, 1.807) is 4.57 Å². The van der Waals surface area contributed by atoms with Crippen molar-refractivity contribution >= 4 is 11.0 Å². The summed E-state index contributed by atoms with van der Waals surface area (Å²) < 4.78 is 1.70. The van der Waals surface area contributed by atoms with Crippen molar-refractivity contribution in [1.29, 1.82) is 0 Å². The van der Waals surface area contributed by atoms with Crippen molar-refractivity contribution in [2.24, 2.45) is 0 Å². The van der Waals surface area contributed by atoms with E-state index in [4.69, 9.17) is 0 Å². The molecule has 1 fully saturated rings. The molecule has 0 aliphatic carbocycles. The van der Waals surface area contributed by atoms with Gasteiger partial charge >= 0.3 is 11.1 Å². The Morgan fingerprint density at radius 3 is 2.76 bits per heavy atom. The number of benzene rings is 1. The zero-order valence-electron chi connectivity index (χ0n) is 12.4. The molecule has 0 bridgehead atoms. The molecule has 5 nitrogen and oxygen atoms in total. The van der Waals surface area contributed by atoms with E-state index in [2.05, 4.69) is 24.1 Å². The molecular weight excluding hydrogens is 266 g/mol. The molecule has 2 aromatic rings. The van der Waals surface area contributed by atoms with Crippen LogP contribution in [-0.2, 0) is 0 Å². The van der Waals surface area contributed by atoms with Gasteiger partial charge in [0.25, 0.3) is 0 Å². The number of H-pyrrole nitrogens is 1. The van der Waals surface area contributed by atoms with Crippen molar-refractivity contribution in [1.82, 2.24) is 14.9 Å². The first-order chi connectivity index (χ1) is 10.1. The second-order valence-electron chi connectivity index (χ2n) is 5.94. The van der Waals surface area contributed by atoms with E-state index in [0.717, 1.165) is 30.3 Å². The predicted octanol–water partition coefficient (Wildman–Crippen LogP) is 1.78. The zero-order valence-corrected chi connectivity index (χ0v) is 12.4. The third-order valence-corrected chi connectivity index (χ3v) is 4.39. The molecular formula is C16H21N3O2. The van der Waals surface area contributed by atoms with Crippen molar-refractivity contribution in [3.05, 3.63) is 45.0 Å². The maximum absolute atomic E-state index is 12.4. The highest BCUT2D eigenvalue weighted by atomic mass is 16.2. The third-order valence-electron chi connectivity index (χ3n) is 4.39. The highest BCUT2D eigenvalue weighted by Gasteiger charge is 2.28. The van der Waals surface area contributed by atoms with Gasteiger partial charge in [0.05, 0.1) is 11.0 Å². The SMILES string of the molecule is CCC1C[C@@H](n2c(=O)c(=O)[nH]c3ccccc32)CC(C)N1. The number of aromatic nitrogens is 2. The molecule has 0 radical (unpaired) electrons.